The first-order valence-corrected chi connectivity index (χ1v) is 10.0. The lowest BCUT2D eigenvalue weighted by atomic mass is 10.1. The Kier molecular flexibility index (Phi) is 6.43. The molecule has 0 aliphatic heterocycles. The molecule has 8 nitrogen and oxygen atoms in total. The molecule has 0 aliphatic rings. The number of hydrogen-bond donors (Lipinski definition) is 3. The van der Waals surface area contributed by atoms with Crippen molar-refractivity contribution < 1.29 is 9.84 Å². The van der Waals surface area contributed by atoms with Crippen LogP contribution in [0.3, 0.4) is 0 Å². The van der Waals surface area contributed by atoms with Gasteiger partial charge in [0.05, 0.1) is 11.9 Å². The Morgan fingerprint density at radius 2 is 1.82 bits per heavy atom. The second-order valence-corrected chi connectivity index (χ2v) is 6.99. The fraction of sp³-hybridized carbons (Fsp3) is 0.0400. The van der Waals surface area contributed by atoms with Crippen molar-refractivity contribution in [3.8, 4) is 28.8 Å². The molecular formula is C25H19N5O3. The van der Waals surface area contributed by atoms with Gasteiger partial charge in [-0.3, -0.25) is 9.78 Å². The standard InChI is InChI=1S/C25H19N5O3/c26-14-20-23(19-9-5-2-6-10-19)28-25(29-24(20)32)30-27-15-18-11-12-21(31)22(13-18)33-16-17-7-3-1-4-8-17/h1-13,15,31H,16H2,(H2,28,29,30,32). The molecule has 0 unspecified atom stereocenters. The van der Waals surface area contributed by atoms with E-state index in [0.29, 0.717) is 23.5 Å². The number of phenolic OH excluding ortho intramolecular Hbond substituents is 1. The molecule has 4 rings (SSSR count). The fourth-order valence-corrected chi connectivity index (χ4v) is 3.06. The van der Waals surface area contributed by atoms with Crippen molar-refractivity contribution in [3.05, 3.63) is 106 Å². The second-order valence-electron chi connectivity index (χ2n) is 6.99. The van der Waals surface area contributed by atoms with Crippen LogP contribution in [0.1, 0.15) is 16.7 Å². The summed E-state index contributed by atoms with van der Waals surface area (Å²) in [6, 6.07) is 25.3. The first-order chi connectivity index (χ1) is 16.1. The number of nitrogens with one attached hydrogen (secondary N) is 2. The first-order valence-electron chi connectivity index (χ1n) is 10.0. The van der Waals surface area contributed by atoms with Crippen LogP contribution in [0.5, 0.6) is 11.5 Å². The number of nitriles is 1. The lowest BCUT2D eigenvalue weighted by Crippen LogP contribution is -2.16. The van der Waals surface area contributed by atoms with E-state index in [9.17, 15) is 15.2 Å². The molecule has 0 saturated heterocycles. The summed E-state index contributed by atoms with van der Waals surface area (Å²) in [6.45, 7) is 0.311. The summed E-state index contributed by atoms with van der Waals surface area (Å²) in [6.07, 6.45) is 1.50. The van der Waals surface area contributed by atoms with E-state index in [0.717, 1.165) is 5.56 Å². The Bertz CT molecular complexity index is 1380. The molecule has 0 aliphatic carbocycles. The minimum atomic E-state index is -0.565. The monoisotopic (exact) mass is 437 g/mol. The molecule has 0 radical (unpaired) electrons. The SMILES string of the molecule is N#Cc1c(-c2ccccc2)nc(NN=Cc2ccc(O)c(OCc3ccccc3)c2)[nH]c1=O. The van der Waals surface area contributed by atoms with Crippen molar-refractivity contribution >= 4 is 12.2 Å². The molecule has 3 N–H and O–H groups in total. The summed E-state index contributed by atoms with van der Waals surface area (Å²) in [4.78, 5) is 19.2. The number of rotatable bonds is 7. The fourth-order valence-electron chi connectivity index (χ4n) is 3.06. The van der Waals surface area contributed by atoms with E-state index in [1.807, 2.05) is 42.5 Å². The van der Waals surface area contributed by atoms with Crippen LogP contribution >= 0.6 is 0 Å². The van der Waals surface area contributed by atoms with Crippen LogP contribution in [-0.2, 0) is 6.61 Å². The van der Waals surface area contributed by atoms with E-state index >= 15 is 0 Å². The normalized spacial score (nSPS) is 10.6. The Hall–Kier alpha value is -4.90. The molecule has 0 spiro atoms. The Morgan fingerprint density at radius 3 is 2.55 bits per heavy atom. The van der Waals surface area contributed by atoms with Gasteiger partial charge in [-0.05, 0) is 29.3 Å². The highest BCUT2D eigenvalue weighted by Gasteiger charge is 2.12. The number of phenols is 1. The van der Waals surface area contributed by atoms with Crippen molar-refractivity contribution in [2.45, 2.75) is 6.61 Å². The highest BCUT2D eigenvalue weighted by atomic mass is 16.5. The summed E-state index contributed by atoms with van der Waals surface area (Å²) >= 11 is 0. The summed E-state index contributed by atoms with van der Waals surface area (Å²) < 4.78 is 5.71. The maximum absolute atomic E-state index is 12.3. The molecule has 1 aromatic heterocycles. The third-order valence-corrected chi connectivity index (χ3v) is 4.68. The Labute approximate surface area is 189 Å². The zero-order valence-electron chi connectivity index (χ0n) is 17.4. The number of aromatic hydroxyl groups is 1. The molecule has 0 amide bonds. The summed E-state index contributed by atoms with van der Waals surface area (Å²) in [5.41, 5.74) is 4.58. The number of H-pyrrole nitrogens is 1. The summed E-state index contributed by atoms with van der Waals surface area (Å²) in [5.74, 6) is 0.425. The highest BCUT2D eigenvalue weighted by Crippen LogP contribution is 2.27. The molecule has 0 bridgehead atoms. The molecule has 0 saturated carbocycles. The van der Waals surface area contributed by atoms with Gasteiger partial charge >= 0.3 is 0 Å². The molecule has 0 fully saturated rings. The number of hydrazone groups is 1. The van der Waals surface area contributed by atoms with E-state index in [2.05, 4.69) is 20.5 Å². The number of ether oxygens (including phenoxy) is 1. The summed E-state index contributed by atoms with van der Waals surface area (Å²) in [5, 5.41) is 23.5. The molecule has 33 heavy (non-hydrogen) atoms. The van der Waals surface area contributed by atoms with Gasteiger partial charge in [-0.2, -0.15) is 10.4 Å². The Morgan fingerprint density at radius 1 is 1.09 bits per heavy atom. The number of hydrogen-bond acceptors (Lipinski definition) is 7. The third kappa shape index (κ3) is 5.24. The quantitative estimate of drug-likeness (QED) is 0.296. The van der Waals surface area contributed by atoms with E-state index in [-0.39, 0.29) is 23.0 Å². The predicted octanol–water partition coefficient (Wildman–Crippen LogP) is 4.04. The van der Waals surface area contributed by atoms with Gasteiger partial charge in [-0.15, -0.1) is 0 Å². The van der Waals surface area contributed by atoms with Crippen LogP contribution < -0.4 is 15.7 Å². The average molecular weight is 437 g/mol. The van der Waals surface area contributed by atoms with Gasteiger partial charge < -0.3 is 9.84 Å². The maximum Gasteiger partial charge on any atom is 0.270 e. The van der Waals surface area contributed by atoms with Crippen LogP contribution in [0.4, 0.5) is 5.95 Å². The lowest BCUT2D eigenvalue weighted by Gasteiger charge is -2.09. The zero-order valence-corrected chi connectivity index (χ0v) is 17.4. The van der Waals surface area contributed by atoms with E-state index < -0.39 is 5.56 Å². The molecule has 162 valence electrons. The third-order valence-electron chi connectivity index (χ3n) is 4.68. The molecular weight excluding hydrogens is 418 g/mol. The van der Waals surface area contributed by atoms with Gasteiger partial charge in [0.2, 0.25) is 5.95 Å². The number of aromatic amines is 1. The van der Waals surface area contributed by atoms with Crippen molar-refractivity contribution in [2.24, 2.45) is 5.10 Å². The van der Waals surface area contributed by atoms with Crippen LogP contribution in [0, 0.1) is 11.3 Å². The van der Waals surface area contributed by atoms with Gasteiger partial charge in [0.25, 0.3) is 5.56 Å². The molecule has 1 heterocycles. The number of benzene rings is 3. The van der Waals surface area contributed by atoms with E-state index in [4.69, 9.17) is 4.74 Å². The number of nitrogens with zero attached hydrogens (tertiary/aromatic N) is 3. The number of anilines is 1. The van der Waals surface area contributed by atoms with Crippen LogP contribution in [0.25, 0.3) is 11.3 Å². The molecule has 4 aromatic rings. The van der Waals surface area contributed by atoms with Crippen LogP contribution in [-0.4, -0.2) is 21.3 Å². The van der Waals surface area contributed by atoms with Gasteiger partial charge in [-0.1, -0.05) is 60.7 Å². The molecule has 3 aromatic carbocycles. The Balaban J connectivity index is 1.51. The lowest BCUT2D eigenvalue weighted by molar-refractivity contribution is 0.289. The second kappa shape index (κ2) is 9.94. The van der Waals surface area contributed by atoms with Gasteiger partial charge in [-0.25, -0.2) is 10.4 Å². The molecule has 8 heteroatoms. The zero-order chi connectivity index (χ0) is 23.0. The van der Waals surface area contributed by atoms with Gasteiger partial charge in [0, 0.05) is 5.56 Å². The minimum absolute atomic E-state index is 0.0154. The van der Waals surface area contributed by atoms with Crippen molar-refractivity contribution in [2.75, 3.05) is 5.43 Å². The largest absolute Gasteiger partial charge is 0.504 e. The number of aromatic nitrogens is 2. The summed E-state index contributed by atoms with van der Waals surface area (Å²) in [7, 11) is 0. The van der Waals surface area contributed by atoms with Gasteiger partial charge in [0.1, 0.15) is 18.2 Å². The van der Waals surface area contributed by atoms with Crippen molar-refractivity contribution in [3.63, 3.8) is 0 Å². The van der Waals surface area contributed by atoms with Gasteiger partial charge in [0.15, 0.2) is 11.5 Å². The maximum atomic E-state index is 12.3. The van der Waals surface area contributed by atoms with E-state index in [1.165, 1.54) is 12.3 Å². The average Bonchev–Trinajstić information content (AvgIpc) is 2.85. The minimum Gasteiger partial charge on any atom is -0.504 e. The van der Waals surface area contributed by atoms with Crippen molar-refractivity contribution in [1.82, 2.24) is 9.97 Å². The van der Waals surface area contributed by atoms with Crippen LogP contribution in [0.15, 0.2) is 88.8 Å². The topological polar surface area (TPSA) is 123 Å². The highest BCUT2D eigenvalue weighted by molar-refractivity contribution is 5.81. The molecule has 0 atom stereocenters. The smallest absolute Gasteiger partial charge is 0.270 e. The van der Waals surface area contributed by atoms with Crippen LogP contribution in [0.2, 0.25) is 0 Å². The van der Waals surface area contributed by atoms with Crippen molar-refractivity contribution in [1.29, 1.82) is 5.26 Å². The first kappa shape index (κ1) is 21.3. The van der Waals surface area contributed by atoms with E-state index in [1.54, 1.807) is 36.4 Å². The predicted molar refractivity (Wildman–Crippen MR) is 125 cm³/mol.